The van der Waals surface area contributed by atoms with Crippen LogP contribution in [0.2, 0.25) is 5.02 Å². The first kappa shape index (κ1) is 21.1. The summed E-state index contributed by atoms with van der Waals surface area (Å²) in [7, 11) is 1.91. The molecule has 1 N–H and O–H groups in total. The van der Waals surface area contributed by atoms with Gasteiger partial charge in [0.25, 0.3) is 0 Å². The van der Waals surface area contributed by atoms with Crippen LogP contribution in [0.4, 0.5) is 4.39 Å². The van der Waals surface area contributed by atoms with Gasteiger partial charge in [-0.2, -0.15) is 0 Å². The van der Waals surface area contributed by atoms with Crippen LogP contribution in [0.5, 0.6) is 5.75 Å². The molecule has 0 unspecified atom stereocenters. The number of carbonyl (C=O) groups excluding carboxylic acids is 2. The van der Waals surface area contributed by atoms with Crippen molar-refractivity contribution in [3.05, 3.63) is 29.0 Å². The Hall–Kier alpha value is -1.66. The molecule has 0 atom stereocenters. The van der Waals surface area contributed by atoms with E-state index in [2.05, 4.69) is 5.32 Å². The van der Waals surface area contributed by atoms with Crippen molar-refractivity contribution >= 4 is 23.8 Å². The summed E-state index contributed by atoms with van der Waals surface area (Å²) in [5.41, 5.74) is -0.0537. The lowest BCUT2D eigenvalue weighted by atomic mass is 9.65. The van der Waals surface area contributed by atoms with E-state index >= 15 is 0 Å². The summed E-state index contributed by atoms with van der Waals surface area (Å²) in [4.78, 5) is 25.4. The van der Waals surface area contributed by atoms with E-state index in [1.165, 1.54) is 12.1 Å². The lowest BCUT2D eigenvalue weighted by molar-refractivity contribution is -0.143. The lowest BCUT2D eigenvalue weighted by Gasteiger charge is -2.48. The van der Waals surface area contributed by atoms with Crippen molar-refractivity contribution < 1.29 is 18.7 Å². The monoisotopic (exact) mass is 410 g/mol. The number of rotatable bonds is 8. The van der Waals surface area contributed by atoms with Gasteiger partial charge in [-0.05, 0) is 63.3 Å². The highest BCUT2D eigenvalue weighted by Crippen LogP contribution is 2.42. The zero-order chi connectivity index (χ0) is 20.1. The maximum atomic E-state index is 13.1. The largest absolute Gasteiger partial charge is 0.492 e. The molecule has 1 aliphatic carbocycles. The first-order valence-electron chi connectivity index (χ1n) is 9.95. The van der Waals surface area contributed by atoms with Gasteiger partial charge in [-0.25, -0.2) is 4.39 Å². The zero-order valence-electron chi connectivity index (χ0n) is 16.3. The Morgan fingerprint density at radius 1 is 1.39 bits per heavy atom. The SMILES string of the molecule is CNC1(CCC=O)CC(C(=O)N2CCC(COc3ccc(F)cc3Cl)CC2)C1. The Morgan fingerprint density at radius 3 is 2.71 bits per heavy atom. The van der Waals surface area contributed by atoms with Crippen molar-refractivity contribution in [2.45, 2.75) is 44.1 Å². The number of nitrogens with zero attached hydrogens (tertiary/aromatic N) is 1. The number of piperidine rings is 1. The van der Waals surface area contributed by atoms with Gasteiger partial charge in [0.05, 0.1) is 11.6 Å². The average molecular weight is 411 g/mol. The normalized spacial score (nSPS) is 25.2. The lowest BCUT2D eigenvalue weighted by Crippen LogP contribution is -2.58. The van der Waals surface area contributed by atoms with Gasteiger partial charge >= 0.3 is 0 Å². The number of likely N-dealkylation sites (tertiary alicyclic amines) is 1. The second-order valence-corrected chi connectivity index (χ2v) is 8.40. The molecule has 7 heteroatoms. The first-order valence-corrected chi connectivity index (χ1v) is 10.3. The minimum Gasteiger partial charge on any atom is -0.492 e. The second-order valence-electron chi connectivity index (χ2n) is 8.00. The maximum absolute atomic E-state index is 13.1. The van der Waals surface area contributed by atoms with Crippen molar-refractivity contribution in [2.75, 3.05) is 26.7 Å². The van der Waals surface area contributed by atoms with Crippen molar-refractivity contribution in [3.8, 4) is 5.75 Å². The summed E-state index contributed by atoms with van der Waals surface area (Å²) in [6.45, 7) is 1.99. The van der Waals surface area contributed by atoms with Crippen LogP contribution in [0.1, 0.15) is 38.5 Å². The summed E-state index contributed by atoms with van der Waals surface area (Å²) >= 11 is 5.99. The minimum absolute atomic E-state index is 0.0537. The molecular weight excluding hydrogens is 383 g/mol. The molecular formula is C21H28ClFN2O3. The fraction of sp³-hybridized carbons (Fsp3) is 0.619. The Labute approximate surface area is 170 Å². The van der Waals surface area contributed by atoms with E-state index in [-0.39, 0.29) is 28.2 Å². The molecule has 1 saturated carbocycles. The molecule has 1 aliphatic heterocycles. The third-order valence-corrected chi connectivity index (χ3v) is 6.48. The maximum Gasteiger partial charge on any atom is 0.225 e. The third kappa shape index (κ3) is 4.84. The molecule has 1 heterocycles. The number of amides is 1. The summed E-state index contributed by atoms with van der Waals surface area (Å²) in [5.74, 6) is 0.766. The summed E-state index contributed by atoms with van der Waals surface area (Å²) in [6.07, 6.45) is 5.66. The van der Waals surface area contributed by atoms with Gasteiger partial charge in [0.15, 0.2) is 0 Å². The van der Waals surface area contributed by atoms with Gasteiger partial charge in [-0.1, -0.05) is 11.6 Å². The van der Waals surface area contributed by atoms with E-state index < -0.39 is 0 Å². The van der Waals surface area contributed by atoms with Crippen LogP contribution in [0.15, 0.2) is 18.2 Å². The van der Waals surface area contributed by atoms with E-state index in [0.717, 1.165) is 51.5 Å². The zero-order valence-corrected chi connectivity index (χ0v) is 17.0. The van der Waals surface area contributed by atoms with Crippen LogP contribution in [-0.4, -0.2) is 49.4 Å². The van der Waals surface area contributed by atoms with E-state index in [9.17, 15) is 14.0 Å². The summed E-state index contributed by atoms with van der Waals surface area (Å²) in [5, 5.41) is 3.58. The molecule has 0 radical (unpaired) electrons. The van der Waals surface area contributed by atoms with Crippen LogP contribution >= 0.6 is 11.6 Å². The van der Waals surface area contributed by atoms with E-state index in [4.69, 9.17) is 16.3 Å². The predicted molar refractivity (Wildman–Crippen MR) is 106 cm³/mol. The van der Waals surface area contributed by atoms with Crippen molar-refractivity contribution in [3.63, 3.8) is 0 Å². The molecule has 2 aliphatic rings. The fourth-order valence-corrected chi connectivity index (χ4v) is 4.53. The Balaban J connectivity index is 1.41. The standard InChI is InChI=1S/C21H28ClFN2O3/c1-24-21(7-2-10-26)12-16(13-21)20(27)25-8-5-15(6-9-25)14-28-19-4-3-17(23)11-18(19)22/h3-4,10-11,15-16,24H,2,5-9,12-14H2,1H3. The molecule has 28 heavy (non-hydrogen) atoms. The average Bonchev–Trinajstić information content (AvgIpc) is 2.67. The van der Waals surface area contributed by atoms with Crippen LogP contribution in [-0.2, 0) is 9.59 Å². The summed E-state index contributed by atoms with van der Waals surface area (Å²) in [6, 6.07) is 4.13. The molecule has 2 fully saturated rings. The van der Waals surface area contributed by atoms with Gasteiger partial charge in [0, 0.05) is 31.0 Å². The topological polar surface area (TPSA) is 58.6 Å². The number of benzene rings is 1. The summed E-state index contributed by atoms with van der Waals surface area (Å²) < 4.78 is 18.8. The van der Waals surface area contributed by atoms with Crippen LogP contribution in [0, 0.1) is 17.7 Å². The molecule has 1 amide bonds. The number of hydrogen-bond donors (Lipinski definition) is 1. The first-order chi connectivity index (χ1) is 13.5. The second kappa shape index (κ2) is 9.23. The number of ether oxygens (including phenoxy) is 1. The van der Waals surface area contributed by atoms with E-state index in [0.29, 0.717) is 24.7 Å². The Kier molecular flexibility index (Phi) is 6.94. The fourth-order valence-electron chi connectivity index (χ4n) is 4.30. The molecule has 154 valence electrons. The van der Waals surface area contributed by atoms with Crippen LogP contribution in [0.25, 0.3) is 0 Å². The molecule has 0 spiro atoms. The third-order valence-electron chi connectivity index (χ3n) is 6.19. The van der Waals surface area contributed by atoms with Gasteiger partial charge in [-0.3, -0.25) is 4.79 Å². The molecule has 1 saturated heterocycles. The highest BCUT2D eigenvalue weighted by atomic mass is 35.5. The van der Waals surface area contributed by atoms with Crippen molar-refractivity contribution in [2.24, 2.45) is 11.8 Å². The van der Waals surface area contributed by atoms with Crippen molar-refractivity contribution in [1.82, 2.24) is 10.2 Å². The molecule has 0 aromatic heterocycles. The number of aldehydes is 1. The number of halogens is 2. The van der Waals surface area contributed by atoms with Gasteiger partial charge in [0.2, 0.25) is 5.91 Å². The number of carbonyl (C=O) groups is 2. The predicted octanol–water partition coefficient (Wildman–Crippen LogP) is 3.44. The van der Waals surface area contributed by atoms with E-state index in [1.807, 2.05) is 11.9 Å². The molecule has 5 nitrogen and oxygen atoms in total. The van der Waals surface area contributed by atoms with Crippen LogP contribution < -0.4 is 10.1 Å². The van der Waals surface area contributed by atoms with Gasteiger partial charge in [0.1, 0.15) is 17.9 Å². The molecule has 0 bridgehead atoms. The Morgan fingerprint density at radius 2 is 2.11 bits per heavy atom. The van der Waals surface area contributed by atoms with Gasteiger partial charge in [-0.15, -0.1) is 0 Å². The van der Waals surface area contributed by atoms with Gasteiger partial charge < -0.3 is 19.7 Å². The Bertz CT molecular complexity index is 701. The van der Waals surface area contributed by atoms with Crippen molar-refractivity contribution in [1.29, 1.82) is 0 Å². The molecule has 1 aromatic carbocycles. The highest BCUT2D eigenvalue weighted by Gasteiger charge is 2.47. The highest BCUT2D eigenvalue weighted by molar-refractivity contribution is 6.32. The quantitative estimate of drug-likeness (QED) is 0.667. The minimum atomic E-state index is -0.381. The smallest absolute Gasteiger partial charge is 0.225 e. The number of nitrogens with one attached hydrogen (secondary N) is 1. The molecule has 1 aromatic rings. The number of hydrogen-bond acceptors (Lipinski definition) is 4. The van der Waals surface area contributed by atoms with E-state index in [1.54, 1.807) is 6.07 Å². The van der Waals surface area contributed by atoms with Crippen LogP contribution in [0.3, 0.4) is 0 Å². The molecule has 3 rings (SSSR count).